The van der Waals surface area contributed by atoms with Gasteiger partial charge in [-0.15, -0.1) is 0 Å². The molecule has 82 valence electrons. The molecule has 5 heteroatoms. The van der Waals surface area contributed by atoms with Gasteiger partial charge in [0.15, 0.2) is 0 Å². The van der Waals surface area contributed by atoms with Gasteiger partial charge >= 0.3 is 11.9 Å². The Labute approximate surface area is 83.2 Å². The van der Waals surface area contributed by atoms with Crippen LogP contribution in [0.15, 0.2) is 0 Å². The van der Waals surface area contributed by atoms with E-state index in [9.17, 15) is 9.59 Å². The molecule has 0 saturated heterocycles. The molecule has 5 nitrogen and oxygen atoms in total. The van der Waals surface area contributed by atoms with E-state index in [0.717, 1.165) is 0 Å². The minimum Gasteiger partial charge on any atom is -0.479 e. The molecular weight excluding hydrogens is 186 g/mol. The van der Waals surface area contributed by atoms with Gasteiger partial charge in [-0.25, -0.2) is 9.59 Å². The molecule has 2 atom stereocenters. The van der Waals surface area contributed by atoms with E-state index in [-0.39, 0.29) is 6.61 Å². The lowest BCUT2D eigenvalue weighted by molar-refractivity contribution is -0.163. The second-order valence-electron chi connectivity index (χ2n) is 3.20. The first-order valence-electron chi connectivity index (χ1n) is 4.60. The summed E-state index contributed by atoms with van der Waals surface area (Å²) in [7, 11) is 0. The first-order chi connectivity index (χ1) is 6.41. The van der Waals surface area contributed by atoms with Crippen LogP contribution in [-0.4, -0.2) is 29.2 Å². The highest BCUT2D eigenvalue weighted by Crippen LogP contribution is 2.20. The number of carbonyl (C=O) groups is 2. The number of hydrogen-bond acceptors (Lipinski definition) is 4. The number of aliphatic carboxylic acids is 1. The highest BCUT2D eigenvalue weighted by molar-refractivity contribution is 6.04. The summed E-state index contributed by atoms with van der Waals surface area (Å²) in [5.41, 5.74) is 3.62. The molecular formula is C9H17NO4. The summed E-state index contributed by atoms with van der Waals surface area (Å²) < 4.78 is 4.65. The molecule has 0 aliphatic rings. The minimum atomic E-state index is -1.93. The molecule has 0 bridgehead atoms. The Bertz CT molecular complexity index is 229. The SMILES string of the molecule is CCOC(=O)C(N)(C(=O)O)C(C)CC. The van der Waals surface area contributed by atoms with Crippen molar-refractivity contribution in [2.24, 2.45) is 11.7 Å². The molecule has 14 heavy (non-hydrogen) atoms. The lowest BCUT2D eigenvalue weighted by Gasteiger charge is -2.27. The van der Waals surface area contributed by atoms with Crippen LogP contribution in [0.1, 0.15) is 27.2 Å². The number of carbonyl (C=O) groups excluding carboxylic acids is 1. The van der Waals surface area contributed by atoms with Crippen molar-refractivity contribution in [1.29, 1.82) is 0 Å². The van der Waals surface area contributed by atoms with Crippen molar-refractivity contribution in [3.05, 3.63) is 0 Å². The topological polar surface area (TPSA) is 89.6 Å². The molecule has 0 aliphatic heterocycles. The van der Waals surface area contributed by atoms with Crippen molar-refractivity contribution >= 4 is 11.9 Å². The van der Waals surface area contributed by atoms with Gasteiger partial charge in [-0.05, 0) is 12.8 Å². The second kappa shape index (κ2) is 4.95. The monoisotopic (exact) mass is 203 g/mol. The minimum absolute atomic E-state index is 0.126. The Morgan fingerprint density at radius 1 is 1.50 bits per heavy atom. The van der Waals surface area contributed by atoms with Crippen LogP contribution in [0.2, 0.25) is 0 Å². The summed E-state index contributed by atoms with van der Waals surface area (Å²) in [6.07, 6.45) is 0.502. The molecule has 0 fully saturated rings. The van der Waals surface area contributed by atoms with Crippen LogP contribution in [0.5, 0.6) is 0 Å². The van der Waals surface area contributed by atoms with Crippen molar-refractivity contribution in [2.75, 3.05) is 6.61 Å². The molecule has 0 aromatic heterocycles. The van der Waals surface area contributed by atoms with Gasteiger partial charge in [0.2, 0.25) is 5.54 Å². The quantitative estimate of drug-likeness (QED) is 0.498. The summed E-state index contributed by atoms with van der Waals surface area (Å²) in [6, 6.07) is 0. The Hall–Kier alpha value is -1.10. The number of esters is 1. The van der Waals surface area contributed by atoms with Crippen LogP contribution in [0.3, 0.4) is 0 Å². The zero-order valence-corrected chi connectivity index (χ0v) is 8.74. The van der Waals surface area contributed by atoms with Gasteiger partial charge < -0.3 is 15.6 Å². The molecule has 0 amide bonds. The number of ether oxygens (including phenoxy) is 1. The van der Waals surface area contributed by atoms with Gasteiger partial charge in [-0.2, -0.15) is 0 Å². The van der Waals surface area contributed by atoms with Gasteiger partial charge in [0.05, 0.1) is 6.61 Å². The Balaban J connectivity index is 4.89. The second-order valence-corrected chi connectivity index (χ2v) is 3.20. The van der Waals surface area contributed by atoms with Crippen LogP contribution in [0, 0.1) is 5.92 Å². The molecule has 0 aliphatic carbocycles. The summed E-state index contributed by atoms with van der Waals surface area (Å²) in [6.45, 7) is 5.12. The molecule has 0 saturated carbocycles. The predicted molar refractivity (Wildman–Crippen MR) is 50.6 cm³/mol. The molecule has 0 aromatic carbocycles. The molecule has 0 radical (unpaired) electrons. The Kier molecular flexibility index (Phi) is 4.56. The zero-order valence-electron chi connectivity index (χ0n) is 8.74. The van der Waals surface area contributed by atoms with Crippen LogP contribution >= 0.6 is 0 Å². The molecule has 0 aromatic rings. The van der Waals surface area contributed by atoms with E-state index >= 15 is 0 Å². The summed E-state index contributed by atoms with van der Waals surface area (Å²) >= 11 is 0. The largest absolute Gasteiger partial charge is 0.479 e. The molecule has 0 spiro atoms. The lowest BCUT2D eigenvalue weighted by Crippen LogP contribution is -2.60. The van der Waals surface area contributed by atoms with E-state index in [1.54, 1.807) is 20.8 Å². The molecule has 0 rings (SSSR count). The number of nitrogens with two attached hydrogens (primary N) is 1. The molecule has 0 heterocycles. The fraction of sp³-hybridized carbons (Fsp3) is 0.778. The fourth-order valence-electron chi connectivity index (χ4n) is 1.07. The maximum absolute atomic E-state index is 11.4. The van der Waals surface area contributed by atoms with Crippen molar-refractivity contribution in [1.82, 2.24) is 0 Å². The van der Waals surface area contributed by atoms with Crippen LogP contribution in [0.25, 0.3) is 0 Å². The Morgan fingerprint density at radius 3 is 2.29 bits per heavy atom. The summed E-state index contributed by atoms with van der Waals surface area (Å²) in [4.78, 5) is 22.3. The van der Waals surface area contributed by atoms with Crippen molar-refractivity contribution in [2.45, 2.75) is 32.7 Å². The molecule has 2 unspecified atom stereocenters. The zero-order chi connectivity index (χ0) is 11.4. The van der Waals surface area contributed by atoms with Crippen molar-refractivity contribution in [3.63, 3.8) is 0 Å². The van der Waals surface area contributed by atoms with Crippen LogP contribution in [-0.2, 0) is 14.3 Å². The normalized spacial score (nSPS) is 16.9. The number of rotatable bonds is 5. The van der Waals surface area contributed by atoms with Crippen molar-refractivity contribution in [3.8, 4) is 0 Å². The maximum atomic E-state index is 11.4. The summed E-state index contributed by atoms with van der Waals surface area (Å²) in [5.74, 6) is -2.67. The highest BCUT2D eigenvalue weighted by Gasteiger charge is 2.47. The van der Waals surface area contributed by atoms with E-state index in [2.05, 4.69) is 4.74 Å². The maximum Gasteiger partial charge on any atom is 0.338 e. The number of carboxylic acids is 1. The first kappa shape index (κ1) is 12.9. The summed E-state index contributed by atoms with van der Waals surface area (Å²) in [5, 5.41) is 8.91. The lowest BCUT2D eigenvalue weighted by atomic mass is 9.84. The Morgan fingerprint density at radius 2 is 2.00 bits per heavy atom. The first-order valence-corrected chi connectivity index (χ1v) is 4.60. The van der Waals surface area contributed by atoms with Gasteiger partial charge in [0.25, 0.3) is 0 Å². The van der Waals surface area contributed by atoms with Crippen LogP contribution in [0.4, 0.5) is 0 Å². The number of hydrogen-bond donors (Lipinski definition) is 2. The van der Waals surface area contributed by atoms with E-state index in [0.29, 0.717) is 6.42 Å². The van der Waals surface area contributed by atoms with Gasteiger partial charge in [0, 0.05) is 0 Å². The third-order valence-corrected chi connectivity index (χ3v) is 2.36. The average Bonchev–Trinajstić information content (AvgIpc) is 2.15. The van der Waals surface area contributed by atoms with E-state index in [1.807, 2.05) is 0 Å². The highest BCUT2D eigenvalue weighted by atomic mass is 16.5. The van der Waals surface area contributed by atoms with Crippen molar-refractivity contribution < 1.29 is 19.4 Å². The standard InChI is InChI=1S/C9H17NO4/c1-4-6(3)9(10,7(11)12)8(13)14-5-2/h6H,4-5,10H2,1-3H3,(H,11,12). The van der Waals surface area contributed by atoms with E-state index < -0.39 is 23.4 Å². The third-order valence-electron chi connectivity index (χ3n) is 2.36. The number of carboxylic acid groups (broad SMARTS) is 1. The van der Waals surface area contributed by atoms with E-state index in [4.69, 9.17) is 10.8 Å². The smallest absolute Gasteiger partial charge is 0.338 e. The average molecular weight is 203 g/mol. The van der Waals surface area contributed by atoms with Gasteiger partial charge in [-0.1, -0.05) is 20.3 Å². The van der Waals surface area contributed by atoms with E-state index in [1.165, 1.54) is 0 Å². The van der Waals surface area contributed by atoms with Gasteiger partial charge in [-0.3, -0.25) is 0 Å². The predicted octanol–water partition coefficient (Wildman–Crippen LogP) is 0.378. The van der Waals surface area contributed by atoms with Crippen LogP contribution < -0.4 is 5.73 Å². The molecule has 3 N–H and O–H groups in total. The fourth-order valence-corrected chi connectivity index (χ4v) is 1.07. The third kappa shape index (κ3) is 2.23. The van der Waals surface area contributed by atoms with Gasteiger partial charge in [0.1, 0.15) is 0 Å².